The molecule has 0 aliphatic carbocycles. The van der Waals surface area contributed by atoms with Crippen molar-refractivity contribution in [1.82, 2.24) is 0 Å². The Balaban J connectivity index is 2.13. The molecule has 1 heterocycles. The highest BCUT2D eigenvalue weighted by atomic mass is 35.5. The van der Waals surface area contributed by atoms with E-state index in [4.69, 9.17) is 33.7 Å². The van der Waals surface area contributed by atoms with Crippen molar-refractivity contribution in [3.8, 4) is 16.9 Å². The molecule has 0 amide bonds. The van der Waals surface area contributed by atoms with E-state index in [1.54, 1.807) is 12.1 Å². The lowest BCUT2D eigenvalue weighted by Crippen LogP contribution is -2.24. The number of halogens is 2. The summed E-state index contributed by atoms with van der Waals surface area (Å²) in [5, 5.41) is 1.32. The van der Waals surface area contributed by atoms with Crippen LogP contribution in [0.25, 0.3) is 11.1 Å². The number of rotatable bonds is 2. The first-order valence-corrected chi connectivity index (χ1v) is 6.88. The van der Waals surface area contributed by atoms with Gasteiger partial charge >= 0.3 is 0 Å². The molecular weight excluding hydrogens is 281 g/mol. The molecule has 98 valence electrons. The number of hydrogen-bond donors (Lipinski definition) is 1. The van der Waals surface area contributed by atoms with Crippen LogP contribution in [0.5, 0.6) is 5.75 Å². The Morgan fingerprint density at radius 1 is 1.16 bits per heavy atom. The minimum Gasteiger partial charge on any atom is -0.488 e. The number of benzene rings is 2. The van der Waals surface area contributed by atoms with E-state index in [9.17, 15) is 0 Å². The van der Waals surface area contributed by atoms with Crippen LogP contribution in [0, 0.1) is 0 Å². The molecule has 0 saturated heterocycles. The molecule has 19 heavy (non-hydrogen) atoms. The van der Waals surface area contributed by atoms with Crippen LogP contribution in [0.3, 0.4) is 0 Å². The lowest BCUT2D eigenvalue weighted by Gasteiger charge is -2.12. The zero-order valence-electron chi connectivity index (χ0n) is 10.2. The summed E-state index contributed by atoms with van der Waals surface area (Å²) >= 11 is 12.3. The van der Waals surface area contributed by atoms with Crippen LogP contribution < -0.4 is 10.5 Å². The number of fused-ring (bicyclic) bond motifs is 1. The molecule has 0 saturated carbocycles. The van der Waals surface area contributed by atoms with E-state index in [0.717, 1.165) is 23.3 Å². The summed E-state index contributed by atoms with van der Waals surface area (Å²) < 4.78 is 5.91. The Kier molecular flexibility index (Phi) is 3.40. The number of para-hydroxylation sites is 1. The van der Waals surface area contributed by atoms with Crippen LogP contribution in [-0.2, 0) is 6.42 Å². The summed E-state index contributed by atoms with van der Waals surface area (Å²) in [6.07, 6.45) is 0.895. The SMILES string of the molecule is NCC1Cc2cccc(-c3cc(Cl)ccc3Cl)c2O1. The van der Waals surface area contributed by atoms with Crippen LogP contribution in [0.2, 0.25) is 10.0 Å². The standard InChI is InChI=1S/C15H13Cl2NO/c16-10-4-5-14(17)13(7-10)12-3-1-2-9-6-11(8-18)19-15(9)12/h1-5,7,11H,6,8,18H2. The molecule has 0 spiro atoms. The maximum absolute atomic E-state index is 6.26. The zero-order valence-corrected chi connectivity index (χ0v) is 11.7. The van der Waals surface area contributed by atoms with Gasteiger partial charge in [0.1, 0.15) is 11.9 Å². The molecule has 2 nitrogen and oxygen atoms in total. The average Bonchev–Trinajstić information content (AvgIpc) is 2.84. The molecule has 3 rings (SSSR count). The van der Waals surface area contributed by atoms with Gasteiger partial charge in [0.05, 0.1) is 0 Å². The first kappa shape index (κ1) is 12.8. The van der Waals surface area contributed by atoms with E-state index in [2.05, 4.69) is 6.07 Å². The van der Waals surface area contributed by atoms with Gasteiger partial charge in [0.2, 0.25) is 0 Å². The van der Waals surface area contributed by atoms with Gasteiger partial charge in [-0.05, 0) is 23.8 Å². The van der Waals surface area contributed by atoms with Crippen LogP contribution >= 0.6 is 23.2 Å². The van der Waals surface area contributed by atoms with Gasteiger partial charge in [-0.2, -0.15) is 0 Å². The second-order valence-corrected chi connectivity index (χ2v) is 5.44. The quantitative estimate of drug-likeness (QED) is 0.911. The molecule has 2 N–H and O–H groups in total. The van der Waals surface area contributed by atoms with Gasteiger partial charge in [-0.25, -0.2) is 0 Å². The number of nitrogens with two attached hydrogens (primary N) is 1. The third-order valence-corrected chi connectivity index (χ3v) is 3.87. The van der Waals surface area contributed by atoms with Crippen molar-refractivity contribution in [2.24, 2.45) is 5.73 Å². The Labute approximate surface area is 122 Å². The first-order valence-electron chi connectivity index (χ1n) is 6.13. The fourth-order valence-corrected chi connectivity index (χ4v) is 2.78. The van der Waals surface area contributed by atoms with Crippen LogP contribution in [0.1, 0.15) is 5.56 Å². The van der Waals surface area contributed by atoms with Crippen molar-refractivity contribution < 1.29 is 4.74 Å². The monoisotopic (exact) mass is 293 g/mol. The van der Waals surface area contributed by atoms with E-state index >= 15 is 0 Å². The Hall–Kier alpha value is -1.22. The molecule has 4 heteroatoms. The Bertz CT molecular complexity index is 628. The highest BCUT2D eigenvalue weighted by Gasteiger charge is 2.25. The van der Waals surface area contributed by atoms with Gasteiger partial charge in [-0.3, -0.25) is 0 Å². The smallest absolute Gasteiger partial charge is 0.131 e. The number of ether oxygens (including phenoxy) is 1. The largest absolute Gasteiger partial charge is 0.488 e. The molecule has 0 fully saturated rings. The first-order chi connectivity index (χ1) is 9.19. The summed E-state index contributed by atoms with van der Waals surface area (Å²) in [6, 6.07) is 11.5. The summed E-state index contributed by atoms with van der Waals surface area (Å²) in [6.45, 7) is 0.511. The lowest BCUT2D eigenvalue weighted by atomic mass is 10.0. The van der Waals surface area contributed by atoms with Crippen LogP contribution in [0.15, 0.2) is 36.4 Å². The zero-order chi connectivity index (χ0) is 13.4. The predicted molar refractivity (Wildman–Crippen MR) is 79.1 cm³/mol. The van der Waals surface area contributed by atoms with E-state index < -0.39 is 0 Å². The van der Waals surface area contributed by atoms with E-state index in [1.807, 2.05) is 18.2 Å². The molecule has 1 aliphatic heterocycles. The number of hydrogen-bond acceptors (Lipinski definition) is 2. The second-order valence-electron chi connectivity index (χ2n) is 4.60. The van der Waals surface area contributed by atoms with Crippen molar-refractivity contribution in [3.05, 3.63) is 52.0 Å². The fraction of sp³-hybridized carbons (Fsp3) is 0.200. The highest BCUT2D eigenvalue weighted by Crippen LogP contribution is 2.41. The van der Waals surface area contributed by atoms with Crippen LogP contribution in [0.4, 0.5) is 0 Å². The van der Waals surface area contributed by atoms with Gasteiger partial charge in [-0.1, -0.05) is 41.4 Å². The van der Waals surface area contributed by atoms with E-state index in [0.29, 0.717) is 16.6 Å². The molecule has 0 bridgehead atoms. The van der Waals surface area contributed by atoms with Crippen molar-refractivity contribution in [2.45, 2.75) is 12.5 Å². The molecule has 1 aliphatic rings. The third-order valence-electron chi connectivity index (χ3n) is 3.31. The Morgan fingerprint density at radius 2 is 2.00 bits per heavy atom. The molecule has 0 aromatic heterocycles. The minimum atomic E-state index is 0.0501. The highest BCUT2D eigenvalue weighted by molar-refractivity contribution is 6.35. The topological polar surface area (TPSA) is 35.2 Å². The van der Waals surface area contributed by atoms with E-state index in [-0.39, 0.29) is 6.10 Å². The third kappa shape index (κ3) is 2.32. The predicted octanol–water partition coefficient (Wildman–Crippen LogP) is 3.92. The second kappa shape index (κ2) is 5.04. The van der Waals surface area contributed by atoms with Gasteiger partial charge in [0.25, 0.3) is 0 Å². The fourth-order valence-electron chi connectivity index (χ4n) is 2.39. The maximum atomic E-state index is 6.26. The maximum Gasteiger partial charge on any atom is 0.131 e. The van der Waals surface area contributed by atoms with Gasteiger partial charge in [0.15, 0.2) is 0 Å². The van der Waals surface area contributed by atoms with Gasteiger partial charge in [0, 0.05) is 34.1 Å². The van der Waals surface area contributed by atoms with Crippen molar-refractivity contribution in [1.29, 1.82) is 0 Å². The summed E-state index contributed by atoms with van der Waals surface area (Å²) in [5.74, 6) is 0.877. The molecule has 2 aromatic rings. The molecule has 0 radical (unpaired) electrons. The summed E-state index contributed by atoms with van der Waals surface area (Å²) in [4.78, 5) is 0. The van der Waals surface area contributed by atoms with Crippen molar-refractivity contribution in [2.75, 3.05) is 6.54 Å². The lowest BCUT2D eigenvalue weighted by molar-refractivity contribution is 0.242. The van der Waals surface area contributed by atoms with Gasteiger partial charge in [-0.15, -0.1) is 0 Å². The average molecular weight is 294 g/mol. The summed E-state index contributed by atoms with van der Waals surface area (Å²) in [5.41, 5.74) is 8.72. The van der Waals surface area contributed by atoms with E-state index in [1.165, 1.54) is 5.56 Å². The van der Waals surface area contributed by atoms with Crippen molar-refractivity contribution >= 4 is 23.2 Å². The van der Waals surface area contributed by atoms with Crippen molar-refractivity contribution in [3.63, 3.8) is 0 Å². The molecule has 2 aromatic carbocycles. The minimum absolute atomic E-state index is 0.0501. The van der Waals surface area contributed by atoms with Gasteiger partial charge < -0.3 is 10.5 Å². The molecule has 1 unspecified atom stereocenters. The van der Waals surface area contributed by atoms with Crippen LogP contribution in [-0.4, -0.2) is 12.6 Å². The Morgan fingerprint density at radius 3 is 2.79 bits per heavy atom. The normalized spacial score (nSPS) is 17.1. The summed E-state index contributed by atoms with van der Waals surface area (Å²) in [7, 11) is 0. The molecular formula is C15H13Cl2NO. The molecule has 1 atom stereocenters.